The molecular formula is C64H46N2. The van der Waals surface area contributed by atoms with Crippen molar-refractivity contribution in [1.82, 2.24) is 4.57 Å². The van der Waals surface area contributed by atoms with Gasteiger partial charge >= 0.3 is 0 Å². The van der Waals surface area contributed by atoms with E-state index in [9.17, 15) is 0 Å². The van der Waals surface area contributed by atoms with E-state index in [1.165, 1.54) is 133 Å². The van der Waals surface area contributed by atoms with E-state index >= 15 is 0 Å². The van der Waals surface area contributed by atoms with E-state index in [1.54, 1.807) is 0 Å². The van der Waals surface area contributed by atoms with Crippen molar-refractivity contribution in [3.8, 4) is 39.1 Å². The molecule has 312 valence electrons. The summed E-state index contributed by atoms with van der Waals surface area (Å²) >= 11 is 0. The molecule has 2 nitrogen and oxygen atoms in total. The zero-order chi connectivity index (χ0) is 44.1. The number of hydrogen-bond donors (Lipinski definition) is 0. The number of benzene rings is 11. The molecule has 1 heterocycles. The lowest BCUT2D eigenvalue weighted by Crippen LogP contribution is -2.18. The van der Waals surface area contributed by atoms with E-state index in [2.05, 4.69) is 243 Å². The summed E-state index contributed by atoms with van der Waals surface area (Å²) in [5.41, 5.74) is 20.0. The van der Waals surface area contributed by atoms with Crippen LogP contribution in [0.5, 0.6) is 0 Å². The van der Waals surface area contributed by atoms with Gasteiger partial charge in [-0.2, -0.15) is 0 Å². The van der Waals surface area contributed by atoms with E-state index in [4.69, 9.17) is 0 Å². The molecular weight excluding hydrogens is 797 g/mol. The summed E-state index contributed by atoms with van der Waals surface area (Å²) in [6.45, 7) is 9.59. The van der Waals surface area contributed by atoms with Crippen LogP contribution in [0.2, 0.25) is 0 Å². The lowest BCUT2D eigenvalue weighted by atomic mass is 9.81. The number of rotatable bonds is 5. The zero-order valence-electron chi connectivity index (χ0n) is 37.5. The van der Waals surface area contributed by atoms with Gasteiger partial charge in [-0.25, -0.2) is 0 Å². The van der Waals surface area contributed by atoms with Gasteiger partial charge in [0, 0.05) is 44.1 Å². The summed E-state index contributed by atoms with van der Waals surface area (Å²) in [5, 5.41) is 10.3. The Morgan fingerprint density at radius 3 is 1.65 bits per heavy atom. The maximum Gasteiger partial charge on any atom is 0.0541 e. The first-order valence-electron chi connectivity index (χ1n) is 23.3. The Morgan fingerprint density at radius 2 is 0.894 bits per heavy atom. The van der Waals surface area contributed by atoms with E-state index in [0.29, 0.717) is 0 Å². The first-order valence-corrected chi connectivity index (χ1v) is 23.3. The molecule has 0 saturated carbocycles. The SMILES string of the molecule is CC1(C)c2ccccc2-c2ccc(N(c3ccc4c(c3)C(C)(C)c3cc(-c5ccc6c(c5)c5ccccc5n6-c5ccccc5)ccc3-4)c3ccc4ccc5cccc6ccc3c4c56)cc21. The highest BCUT2D eigenvalue weighted by Gasteiger charge is 2.38. The highest BCUT2D eigenvalue weighted by atomic mass is 15.1. The summed E-state index contributed by atoms with van der Waals surface area (Å²) in [4.78, 5) is 2.54. The highest BCUT2D eigenvalue weighted by Crippen LogP contribution is 2.55. The van der Waals surface area contributed by atoms with Crippen molar-refractivity contribution in [2.24, 2.45) is 0 Å². The van der Waals surface area contributed by atoms with Gasteiger partial charge in [0.25, 0.3) is 0 Å². The molecule has 1 aromatic heterocycles. The molecule has 0 fully saturated rings. The van der Waals surface area contributed by atoms with E-state index in [-0.39, 0.29) is 10.8 Å². The van der Waals surface area contributed by atoms with Crippen LogP contribution in [0.25, 0.3) is 93.2 Å². The molecule has 11 aromatic carbocycles. The number of fused-ring (bicyclic) bond motifs is 9. The Hall–Kier alpha value is -7.94. The fourth-order valence-electron chi connectivity index (χ4n) is 12.2. The molecule has 0 unspecified atom stereocenters. The summed E-state index contributed by atoms with van der Waals surface area (Å²) in [6, 6.07) is 77.7. The second kappa shape index (κ2) is 13.3. The van der Waals surface area contributed by atoms with Gasteiger partial charge in [-0.15, -0.1) is 0 Å². The third kappa shape index (κ3) is 5.07. The molecule has 14 rings (SSSR count). The normalized spacial score (nSPS) is 14.3. The van der Waals surface area contributed by atoms with Crippen molar-refractivity contribution in [1.29, 1.82) is 0 Å². The fraction of sp³-hybridized carbons (Fsp3) is 0.0938. The first kappa shape index (κ1) is 37.4. The number of para-hydroxylation sites is 2. The zero-order valence-corrected chi connectivity index (χ0v) is 37.5. The smallest absolute Gasteiger partial charge is 0.0541 e. The minimum atomic E-state index is -0.236. The van der Waals surface area contributed by atoms with Crippen LogP contribution in [0.4, 0.5) is 17.1 Å². The molecule has 0 saturated heterocycles. The van der Waals surface area contributed by atoms with Gasteiger partial charge in [-0.05, 0) is 149 Å². The molecule has 2 heteroatoms. The Labute approximate surface area is 385 Å². The summed E-state index contributed by atoms with van der Waals surface area (Å²) < 4.78 is 2.39. The highest BCUT2D eigenvalue weighted by molar-refractivity contribution is 6.26. The summed E-state index contributed by atoms with van der Waals surface area (Å²) in [5.74, 6) is 0. The van der Waals surface area contributed by atoms with Crippen molar-refractivity contribution < 1.29 is 0 Å². The number of nitrogens with zero attached hydrogens (tertiary/aromatic N) is 2. The summed E-state index contributed by atoms with van der Waals surface area (Å²) in [6.07, 6.45) is 0. The quantitative estimate of drug-likeness (QED) is 0.157. The third-order valence-corrected chi connectivity index (χ3v) is 15.5. The standard InChI is InChI=1S/C64H46N2/c1-63(2)54-19-10-8-17-47(54)49-31-27-45(37-56(49)63)65(59-33-25-41-22-21-39-13-12-14-40-23-30-52(59)62(41)61(39)40)46-28-32-50-48-29-24-43(36-55(48)64(3,4)57(50)38-46)42-26-34-60-53(35-42)51-18-9-11-20-58(51)66(60)44-15-6-5-7-16-44/h5-38H,1-4H3. The lowest BCUT2D eigenvalue weighted by Gasteiger charge is -2.31. The fourth-order valence-corrected chi connectivity index (χ4v) is 12.2. The van der Waals surface area contributed by atoms with Crippen LogP contribution >= 0.6 is 0 Å². The van der Waals surface area contributed by atoms with Crippen LogP contribution in [-0.4, -0.2) is 4.57 Å². The molecule has 0 aliphatic heterocycles. The van der Waals surface area contributed by atoms with Gasteiger partial charge < -0.3 is 9.47 Å². The predicted octanol–water partition coefficient (Wildman–Crippen LogP) is 17.4. The average Bonchev–Trinajstić information content (AvgIpc) is 3.90. The van der Waals surface area contributed by atoms with Crippen LogP contribution < -0.4 is 4.90 Å². The van der Waals surface area contributed by atoms with Crippen molar-refractivity contribution in [3.63, 3.8) is 0 Å². The monoisotopic (exact) mass is 842 g/mol. The van der Waals surface area contributed by atoms with Crippen LogP contribution in [-0.2, 0) is 10.8 Å². The molecule has 0 N–H and O–H groups in total. The van der Waals surface area contributed by atoms with Crippen molar-refractivity contribution in [2.75, 3.05) is 4.90 Å². The number of hydrogen-bond acceptors (Lipinski definition) is 1. The second-order valence-corrected chi connectivity index (χ2v) is 19.7. The van der Waals surface area contributed by atoms with Crippen LogP contribution in [0, 0.1) is 0 Å². The Balaban J connectivity index is 0.923. The van der Waals surface area contributed by atoms with Gasteiger partial charge in [0.05, 0.1) is 16.7 Å². The Bertz CT molecular complexity index is 3980. The largest absolute Gasteiger partial charge is 0.310 e. The molecule has 12 aromatic rings. The van der Waals surface area contributed by atoms with Crippen LogP contribution in [0.1, 0.15) is 49.9 Å². The molecule has 2 aliphatic carbocycles. The van der Waals surface area contributed by atoms with Crippen molar-refractivity contribution in [2.45, 2.75) is 38.5 Å². The minimum Gasteiger partial charge on any atom is -0.310 e. The van der Waals surface area contributed by atoms with Gasteiger partial charge in [0.2, 0.25) is 0 Å². The predicted molar refractivity (Wildman–Crippen MR) is 280 cm³/mol. The van der Waals surface area contributed by atoms with Crippen molar-refractivity contribution >= 4 is 71.2 Å². The molecule has 0 spiro atoms. The molecule has 0 amide bonds. The first-order chi connectivity index (χ1) is 32.2. The Kier molecular flexibility index (Phi) is 7.55. The number of aromatic nitrogens is 1. The van der Waals surface area contributed by atoms with Crippen LogP contribution in [0.15, 0.2) is 206 Å². The maximum absolute atomic E-state index is 2.54. The summed E-state index contributed by atoms with van der Waals surface area (Å²) in [7, 11) is 0. The average molecular weight is 843 g/mol. The van der Waals surface area contributed by atoms with Gasteiger partial charge in [-0.3, -0.25) is 0 Å². The van der Waals surface area contributed by atoms with Gasteiger partial charge in [-0.1, -0.05) is 167 Å². The van der Waals surface area contributed by atoms with Crippen LogP contribution in [0.3, 0.4) is 0 Å². The van der Waals surface area contributed by atoms with E-state index in [0.717, 1.165) is 0 Å². The maximum atomic E-state index is 2.54. The molecule has 2 aliphatic rings. The molecule has 0 radical (unpaired) electrons. The third-order valence-electron chi connectivity index (χ3n) is 15.5. The van der Waals surface area contributed by atoms with Gasteiger partial charge in [0.1, 0.15) is 0 Å². The molecule has 0 bridgehead atoms. The molecule has 0 atom stereocenters. The molecule has 66 heavy (non-hydrogen) atoms. The van der Waals surface area contributed by atoms with Crippen molar-refractivity contribution in [3.05, 3.63) is 229 Å². The van der Waals surface area contributed by atoms with E-state index in [1.807, 2.05) is 0 Å². The second-order valence-electron chi connectivity index (χ2n) is 19.7. The number of anilines is 3. The van der Waals surface area contributed by atoms with Gasteiger partial charge in [0.15, 0.2) is 0 Å². The van der Waals surface area contributed by atoms with E-state index < -0.39 is 0 Å². The lowest BCUT2D eigenvalue weighted by molar-refractivity contribution is 0.660. The Morgan fingerprint density at radius 1 is 0.348 bits per heavy atom. The minimum absolute atomic E-state index is 0.126. The topological polar surface area (TPSA) is 8.17 Å².